The Labute approximate surface area is 263 Å². The van der Waals surface area contributed by atoms with Gasteiger partial charge in [0.25, 0.3) is 0 Å². The summed E-state index contributed by atoms with van der Waals surface area (Å²) < 4.78 is 10.0. The number of aliphatic hydroxyl groups excluding tert-OH is 1. The first kappa shape index (κ1) is 33.0. The number of rotatable bonds is 10. The van der Waals surface area contributed by atoms with E-state index in [4.69, 9.17) is 9.47 Å². The SMILES string of the molecule is COC(=O)[C@H](Cc1ccccc1)NC(=O)CCC(=O)OCC(=O)[C@@]1(O)CC[C@@H]2[C@@H]3CCC4=CC(=O)CC[C@]4(C)[C@@H]3[C@H](O)C[C@@]21C. The van der Waals surface area contributed by atoms with Gasteiger partial charge in [-0.1, -0.05) is 49.8 Å². The molecule has 0 heterocycles. The van der Waals surface area contributed by atoms with Crippen LogP contribution in [0.1, 0.15) is 77.2 Å². The van der Waals surface area contributed by atoms with Crippen molar-refractivity contribution < 1.29 is 43.7 Å². The largest absolute Gasteiger partial charge is 0.467 e. The molecule has 5 rings (SSSR count). The van der Waals surface area contributed by atoms with Crippen LogP contribution in [0.15, 0.2) is 42.0 Å². The summed E-state index contributed by atoms with van der Waals surface area (Å²) in [5, 5.41) is 26.0. The van der Waals surface area contributed by atoms with Gasteiger partial charge in [0.2, 0.25) is 11.7 Å². The van der Waals surface area contributed by atoms with Crippen molar-refractivity contribution in [2.24, 2.45) is 28.6 Å². The molecule has 1 amide bonds. The fourth-order valence-corrected chi connectivity index (χ4v) is 9.16. The molecule has 10 nitrogen and oxygen atoms in total. The molecule has 0 unspecified atom stereocenters. The lowest BCUT2D eigenvalue weighted by Crippen LogP contribution is -2.62. The summed E-state index contributed by atoms with van der Waals surface area (Å²) in [5.74, 6) is -2.31. The number of carbonyl (C=O) groups is 5. The Kier molecular flexibility index (Phi) is 9.38. The smallest absolute Gasteiger partial charge is 0.328 e. The number of aliphatic hydroxyl groups is 2. The summed E-state index contributed by atoms with van der Waals surface area (Å²) in [5.41, 5.74) is -0.975. The van der Waals surface area contributed by atoms with E-state index in [1.54, 1.807) is 6.08 Å². The standard InChI is InChI=1S/C35H45NO9/c1-33-15-13-23(37)18-22(33)9-10-24-25-14-16-35(43,34(25,2)19-27(38)31(24)33)28(39)20-45-30(41)12-11-29(40)36-26(32(42)44-3)17-21-7-5-4-6-8-21/h4-8,18,24-27,31,38,43H,9-17,19-20H2,1-3H3,(H,36,40)/t24-,25+,26-,27+,31-,33-,34-,35-/m0/s1. The molecule has 4 aliphatic rings. The summed E-state index contributed by atoms with van der Waals surface area (Å²) in [6, 6.07) is 8.21. The lowest BCUT2D eigenvalue weighted by atomic mass is 9.45. The van der Waals surface area contributed by atoms with Crippen LogP contribution in [0, 0.1) is 28.6 Å². The van der Waals surface area contributed by atoms with Crippen molar-refractivity contribution >= 4 is 29.4 Å². The van der Waals surface area contributed by atoms with Gasteiger partial charge in [-0.05, 0) is 73.3 Å². The number of hydrogen-bond donors (Lipinski definition) is 3. The Morgan fingerprint density at radius 1 is 1.04 bits per heavy atom. The van der Waals surface area contributed by atoms with Gasteiger partial charge in [-0.15, -0.1) is 0 Å². The average molecular weight is 624 g/mol. The van der Waals surface area contributed by atoms with Crippen molar-refractivity contribution in [3.63, 3.8) is 0 Å². The van der Waals surface area contributed by atoms with Gasteiger partial charge in [0, 0.05) is 24.7 Å². The molecule has 244 valence electrons. The fourth-order valence-electron chi connectivity index (χ4n) is 9.16. The number of benzene rings is 1. The van der Waals surface area contributed by atoms with Gasteiger partial charge in [0.1, 0.15) is 11.6 Å². The van der Waals surface area contributed by atoms with Gasteiger partial charge >= 0.3 is 11.9 Å². The Bertz CT molecular complexity index is 1370. The monoisotopic (exact) mass is 623 g/mol. The van der Waals surface area contributed by atoms with Crippen LogP contribution in [0.3, 0.4) is 0 Å². The second kappa shape index (κ2) is 12.8. The molecule has 1 aromatic carbocycles. The number of methoxy groups -OCH3 is 1. The summed E-state index contributed by atoms with van der Waals surface area (Å²) in [6.07, 6.45) is 4.51. The second-order valence-corrected chi connectivity index (χ2v) is 13.9. The van der Waals surface area contributed by atoms with Gasteiger partial charge in [-0.2, -0.15) is 0 Å². The van der Waals surface area contributed by atoms with E-state index in [9.17, 15) is 34.2 Å². The molecular formula is C35H45NO9. The van der Waals surface area contributed by atoms with Gasteiger partial charge in [-0.25, -0.2) is 4.79 Å². The maximum atomic E-state index is 13.5. The number of allylic oxidation sites excluding steroid dienone is 1. The molecule has 0 radical (unpaired) electrons. The van der Waals surface area contributed by atoms with E-state index in [2.05, 4.69) is 12.2 Å². The quantitative estimate of drug-likeness (QED) is 0.334. The summed E-state index contributed by atoms with van der Waals surface area (Å²) in [4.78, 5) is 63.0. The molecule has 1 aromatic rings. The van der Waals surface area contributed by atoms with E-state index in [0.29, 0.717) is 19.3 Å². The third kappa shape index (κ3) is 6.11. The zero-order chi connectivity index (χ0) is 32.6. The highest BCUT2D eigenvalue weighted by atomic mass is 16.5. The number of amides is 1. The van der Waals surface area contributed by atoms with Crippen LogP contribution in [0.5, 0.6) is 0 Å². The zero-order valence-electron chi connectivity index (χ0n) is 26.4. The van der Waals surface area contributed by atoms with E-state index >= 15 is 0 Å². The minimum atomic E-state index is -1.76. The van der Waals surface area contributed by atoms with Gasteiger partial charge < -0.3 is 25.0 Å². The molecule has 0 bridgehead atoms. The molecule has 3 N–H and O–H groups in total. The Hall–Kier alpha value is -3.37. The molecular weight excluding hydrogens is 578 g/mol. The van der Waals surface area contributed by atoms with Crippen LogP contribution in [0.2, 0.25) is 0 Å². The van der Waals surface area contributed by atoms with Crippen molar-refractivity contribution in [2.75, 3.05) is 13.7 Å². The van der Waals surface area contributed by atoms with Gasteiger partial charge in [0.15, 0.2) is 12.4 Å². The number of esters is 2. The average Bonchev–Trinajstić information content (AvgIpc) is 3.29. The lowest BCUT2D eigenvalue weighted by molar-refractivity contribution is -0.184. The van der Waals surface area contributed by atoms with E-state index in [-0.39, 0.29) is 61.1 Å². The van der Waals surface area contributed by atoms with Crippen molar-refractivity contribution in [3.8, 4) is 0 Å². The summed E-state index contributed by atoms with van der Waals surface area (Å²) >= 11 is 0. The topological polar surface area (TPSA) is 156 Å². The number of ketones is 2. The first-order valence-electron chi connectivity index (χ1n) is 16.1. The Morgan fingerprint density at radius 3 is 2.49 bits per heavy atom. The Morgan fingerprint density at radius 2 is 1.78 bits per heavy atom. The van der Waals surface area contributed by atoms with Crippen molar-refractivity contribution in [3.05, 3.63) is 47.5 Å². The zero-order valence-corrected chi connectivity index (χ0v) is 26.4. The molecule has 4 aliphatic carbocycles. The predicted octanol–water partition coefficient (Wildman–Crippen LogP) is 3.01. The van der Waals surface area contributed by atoms with Gasteiger partial charge in [-0.3, -0.25) is 19.2 Å². The fraction of sp³-hybridized carbons (Fsp3) is 0.629. The number of nitrogens with one attached hydrogen (secondary N) is 1. The maximum Gasteiger partial charge on any atom is 0.328 e. The number of fused-ring (bicyclic) bond motifs is 5. The van der Waals surface area contributed by atoms with Crippen molar-refractivity contribution in [1.82, 2.24) is 5.32 Å². The van der Waals surface area contributed by atoms with Crippen LogP contribution < -0.4 is 5.32 Å². The molecule has 8 atom stereocenters. The van der Waals surface area contributed by atoms with Crippen molar-refractivity contribution in [1.29, 1.82) is 0 Å². The highest BCUT2D eigenvalue weighted by Crippen LogP contribution is 2.67. The highest BCUT2D eigenvalue weighted by Gasteiger charge is 2.68. The molecule has 0 saturated heterocycles. The lowest BCUT2D eigenvalue weighted by Gasteiger charge is -2.60. The number of Topliss-reactive ketones (excluding diaryl/α,β-unsaturated/α-hetero) is 1. The van der Waals surface area contributed by atoms with E-state index in [1.807, 2.05) is 37.3 Å². The summed E-state index contributed by atoms with van der Waals surface area (Å²) in [7, 11) is 1.23. The van der Waals surface area contributed by atoms with E-state index in [1.165, 1.54) is 7.11 Å². The maximum absolute atomic E-state index is 13.5. The molecule has 45 heavy (non-hydrogen) atoms. The number of carbonyl (C=O) groups excluding carboxylic acids is 5. The molecule has 0 aliphatic heterocycles. The first-order valence-corrected chi connectivity index (χ1v) is 16.1. The van der Waals surface area contributed by atoms with Crippen LogP contribution in [0.4, 0.5) is 0 Å². The molecule has 0 spiro atoms. The van der Waals surface area contributed by atoms with Gasteiger partial charge in [0.05, 0.1) is 19.6 Å². The normalized spacial score (nSPS) is 34.3. The predicted molar refractivity (Wildman–Crippen MR) is 162 cm³/mol. The van der Waals surface area contributed by atoms with Crippen LogP contribution in [-0.4, -0.2) is 71.1 Å². The molecule has 3 fully saturated rings. The minimum absolute atomic E-state index is 0.00823. The first-order chi connectivity index (χ1) is 21.3. The molecule has 3 saturated carbocycles. The van der Waals surface area contributed by atoms with Crippen LogP contribution in [-0.2, 0) is 39.9 Å². The second-order valence-electron chi connectivity index (χ2n) is 13.9. The third-order valence-electron chi connectivity index (χ3n) is 11.5. The molecule has 10 heteroatoms. The van der Waals surface area contributed by atoms with E-state index < -0.39 is 53.4 Å². The summed E-state index contributed by atoms with van der Waals surface area (Å²) in [6.45, 7) is 3.40. The number of ether oxygens (including phenoxy) is 2. The Balaban J connectivity index is 1.16. The van der Waals surface area contributed by atoms with Crippen LogP contribution >= 0.6 is 0 Å². The molecule has 0 aromatic heterocycles. The minimum Gasteiger partial charge on any atom is -0.467 e. The third-order valence-corrected chi connectivity index (χ3v) is 11.5. The highest BCUT2D eigenvalue weighted by molar-refractivity contribution is 5.92. The number of hydrogen-bond acceptors (Lipinski definition) is 9. The van der Waals surface area contributed by atoms with Crippen LogP contribution in [0.25, 0.3) is 0 Å². The van der Waals surface area contributed by atoms with Crippen molar-refractivity contribution in [2.45, 2.75) is 95.8 Å². The van der Waals surface area contributed by atoms with E-state index in [0.717, 1.165) is 24.0 Å².